The number of imidazole rings is 1. The van der Waals surface area contributed by atoms with Gasteiger partial charge >= 0.3 is 0 Å². The number of allylic oxidation sites excluding steroid dienone is 2. The summed E-state index contributed by atoms with van der Waals surface area (Å²) in [5.74, 6) is 1.38. The molecule has 1 amide bonds. The number of nitrogens with zero attached hydrogens (tertiary/aromatic N) is 4. The van der Waals surface area contributed by atoms with Crippen molar-refractivity contribution in [1.82, 2.24) is 19.9 Å². The molecule has 0 radical (unpaired) electrons. The van der Waals surface area contributed by atoms with Crippen LogP contribution in [0.5, 0.6) is 0 Å². The first-order chi connectivity index (χ1) is 12.7. The van der Waals surface area contributed by atoms with Crippen molar-refractivity contribution in [3.63, 3.8) is 0 Å². The largest absolute Gasteiger partial charge is 0.382 e. The van der Waals surface area contributed by atoms with E-state index in [2.05, 4.69) is 26.0 Å². The van der Waals surface area contributed by atoms with Gasteiger partial charge in [-0.15, -0.1) is 0 Å². The smallest absolute Gasteiger partial charge is 0.235 e. The third-order valence-electron chi connectivity index (χ3n) is 4.87. The highest BCUT2D eigenvalue weighted by molar-refractivity contribution is 5.98. The molecule has 0 saturated carbocycles. The molecular weight excluding hydrogens is 328 g/mol. The summed E-state index contributed by atoms with van der Waals surface area (Å²) in [5, 5.41) is 0. The fourth-order valence-corrected chi connectivity index (χ4v) is 3.54. The van der Waals surface area contributed by atoms with Gasteiger partial charge in [0.15, 0.2) is 23.2 Å². The van der Waals surface area contributed by atoms with Gasteiger partial charge in [0.1, 0.15) is 0 Å². The Kier molecular flexibility index (Phi) is 3.15. The van der Waals surface area contributed by atoms with Gasteiger partial charge in [0.05, 0.1) is 23.1 Å². The molecule has 7 nitrogen and oxygen atoms in total. The quantitative estimate of drug-likeness (QED) is 0.743. The predicted molar refractivity (Wildman–Crippen MR) is 99.1 cm³/mol. The monoisotopic (exact) mass is 344 g/mol. The van der Waals surface area contributed by atoms with Crippen LogP contribution in [0.1, 0.15) is 0 Å². The SMILES string of the molecule is Nc1ncc(N2CC3C=CC=CC3C2=O)nc1-c1nc2ccccc2[nH]1. The summed E-state index contributed by atoms with van der Waals surface area (Å²) < 4.78 is 0. The van der Waals surface area contributed by atoms with E-state index < -0.39 is 0 Å². The second-order valence-corrected chi connectivity index (χ2v) is 6.47. The van der Waals surface area contributed by atoms with Gasteiger partial charge in [-0.3, -0.25) is 9.69 Å². The number of hydrogen-bond acceptors (Lipinski definition) is 5. The third-order valence-corrected chi connectivity index (χ3v) is 4.87. The van der Waals surface area contributed by atoms with Crippen molar-refractivity contribution in [3.05, 3.63) is 54.8 Å². The minimum absolute atomic E-state index is 0.0326. The number of nitrogens with two attached hydrogens (primary N) is 1. The minimum atomic E-state index is -0.131. The number of anilines is 2. The van der Waals surface area contributed by atoms with Gasteiger partial charge < -0.3 is 10.7 Å². The normalized spacial score (nSPS) is 21.5. The molecule has 2 atom stereocenters. The first kappa shape index (κ1) is 14.8. The molecule has 0 bridgehead atoms. The van der Waals surface area contributed by atoms with Gasteiger partial charge in [0.25, 0.3) is 0 Å². The second kappa shape index (κ2) is 5.52. The van der Waals surface area contributed by atoms with Gasteiger partial charge in [0, 0.05) is 12.5 Å². The van der Waals surface area contributed by atoms with Crippen molar-refractivity contribution in [2.24, 2.45) is 11.8 Å². The van der Waals surface area contributed by atoms with Crippen LogP contribution >= 0.6 is 0 Å². The lowest BCUT2D eigenvalue weighted by atomic mass is 9.92. The number of rotatable bonds is 2. The van der Waals surface area contributed by atoms with E-state index in [4.69, 9.17) is 5.73 Å². The van der Waals surface area contributed by atoms with Crippen LogP contribution in [0.15, 0.2) is 54.8 Å². The van der Waals surface area contributed by atoms with E-state index in [9.17, 15) is 4.79 Å². The number of amides is 1. The molecule has 3 N–H and O–H groups in total. The third kappa shape index (κ3) is 2.21. The number of hydrogen-bond donors (Lipinski definition) is 2. The topological polar surface area (TPSA) is 101 Å². The lowest BCUT2D eigenvalue weighted by Crippen LogP contribution is -2.27. The van der Waals surface area contributed by atoms with Crippen molar-refractivity contribution in [2.75, 3.05) is 17.2 Å². The van der Waals surface area contributed by atoms with E-state index in [0.29, 0.717) is 23.9 Å². The van der Waals surface area contributed by atoms with Crippen LogP contribution in [0.4, 0.5) is 11.6 Å². The molecule has 2 unspecified atom stereocenters. The number of fused-ring (bicyclic) bond motifs is 2. The highest BCUT2D eigenvalue weighted by Crippen LogP contribution is 2.33. The summed E-state index contributed by atoms with van der Waals surface area (Å²) in [6.45, 7) is 0.586. The summed E-state index contributed by atoms with van der Waals surface area (Å²) in [5.41, 5.74) is 8.21. The van der Waals surface area contributed by atoms with Crippen molar-refractivity contribution >= 4 is 28.6 Å². The Hall–Kier alpha value is -3.48. The highest BCUT2D eigenvalue weighted by atomic mass is 16.2. The molecule has 5 rings (SSSR count). The Morgan fingerprint density at radius 1 is 1.15 bits per heavy atom. The molecule has 1 fully saturated rings. The van der Waals surface area contributed by atoms with Crippen LogP contribution < -0.4 is 10.6 Å². The van der Waals surface area contributed by atoms with Crippen LogP contribution in [-0.4, -0.2) is 32.4 Å². The first-order valence-electron chi connectivity index (χ1n) is 8.45. The van der Waals surface area contributed by atoms with E-state index in [-0.39, 0.29) is 23.6 Å². The Labute approximate surface area is 149 Å². The molecule has 1 saturated heterocycles. The fourth-order valence-electron chi connectivity index (χ4n) is 3.54. The van der Waals surface area contributed by atoms with Crippen molar-refractivity contribution in [3.8, 4) is 11.5 Å². The summed E-state index contributed by atoms with van der Waals surface area (Å²) in [4.78, 5) is 31.0. The molecule has 2 aromatic heterocycles. The van der Waals surface area contributed by atoms with Gasteiger partial charge in [-0.1, -0.05) is 36.4 Å². The number of carbonyl (C=O) groups is 1. The molecule has 128 valence electrons. The van der Waals surface area contributed by atoms with Gasteiger partial charge in [-0.05, 0) is 12.1 Å². The molecule has 2 aliphatic rings. The molecule has 3 heterocycles. The van der Waals surface area contributed by atoms with E-state index in [1.54, 1.807) is 11.1 Å². The summed E-state index contributed by atoms with van der Waals surface area (Å²) in [6, 6.07) is 7.70. The van der Waals surface area contributed by atoms with Crippen molar-refractivity contribution < 1.29 is 4.79 Å². The molecule has 26 heavy (non-hydrogen) atoms. The van der Waals surface area contributed by atoms with Crippen LogP contribution in [0.2, 0.25) is 0 Å². The van der Waals surface area contributed by atoms with Crippen LogP contribution in [-0.2, 0) is 4.79 Å². The average molecular weight is 344 g/mol. The Morgan fingerprint density at radius 3 is 2.85 bits per heavy atom. The lowest BCUT2D eigenvalue weighted by Gasteiger charge is -2.15. The number of nitrogen functional groups attached to an aromatic ring is 1. The highest BCUT2D eigenvalue weighted by Gasteiger charge is 2.39. The van der Waals surface area contributed by atoms with Crippen molar-refractivity contribution in [2.45, 2.75) is 0 Å². The maximum absolute atomic E-state index is 12.7. The summed E-state index contributed by atoms with van der Waals surface area (Å²) in [6.07, 6.45) is 9.44. The maximum atomic E-state index is 12.7. The standard InChI is InChI=1S/C19H16N6O/c20-17-16(18-22-13-7-3-4-8-14(13)23-18)24-15(9-21-17)25-10-11-5-1-2-6-12(11)19(25)26/h1-9,11-12H,10H2,(H2,20,21)(H,22,23). The molecule has 1 aromatic carbocycles. The Balaban J connectivity index is 1.56. The average Bonchev–Trinajstić information content (AvgIpc) is 3.24. The lowest BCUT2D eigenvalue weighted by molar-refractivity contribution is -0.119. The fraction of sp³-hybridized carbons (Fsp3) is 0.158. The minimum Gasteiger partial charge on any atom is -0.382 e. The molecule has 3 aromatic rings. The summed E-state index contributed by atoms with van der Waals surface area (Å²) in [7, 11) is 0. The molecule has 1 aliphatic heterocycles. The predicted octanol–water partition coefficient (Wildman–Crippen LogP) is 2.31. The van der Waals surface area contributed by atoms with E-state index in [1.165, 1.54) is 0 Å². The number of H-pyrrole nitrogens is 1. The number of para-hydroxylation sites is 2. The molecule has 0 spiro atoms. The number of nitrogens with one attached hydrogen (secondary N) is 1. The van der Waals surface area contributed by atoms with E-state index in [0.717, 1.165) is 11.0 Å². The maximum Gasteiger partial charge on any atom is 0.235 e. The number of aromatic nitrogens is 4. The second-order valence-electron chi connectivity index (χ2n) is 6.47. The Bertz CT molecular complexity index is 1050. The zero-order chi connectivity index (χ0) is 17.7. The van der Waals surface area contributed by atoms with Gasteiger partial charge in [-0.2, -0.15) is 0 Å². The Morgan fingerprint density at radius 2 is 2.00 bits per heavy atom. The van der Waals surface area contributed by atoms with Crippen LogP contribution in [0, 0.1) is 11.8 Å². The van der Waals surface area contributed by atoms with E-state index in [1.807, 2.05) is 42.5 Å². The zero-order valence-corrected chi connectivity index (χ0v) is 13.8. The number of carbonyl (C=O) groups excluding carboxylic acids is 1. The van der Waals surface area contributed by atoms with E-state index >= 15 is 0 Å². The molecular formula is C19H16N6O. The van der Waals surface area contributed by atoms with Crippen molar-refractivity contribution in [1.29, 1.82) is 0 Å². The molecule has 1 aliphatic carbocycles. The van der Waals surface area contributed by atoms with Crippen LogP contribution in [0.3, 0.4) is 0 Å². The van der Waals surface area contributed by atoms with Crippen LogP contribution in [0.25, 0.3) is 22.6 Å². The number of aromatic amines is 1. The zero-order valence-electron chi connectivity index (χ0n) is 13.8. The van der Waals surface area contributed by atoms with Gasteiger partial charge in [-0.25, -0.2) is 15.0 Å². The summed E-state index contributed by atoms with van der Waals surface area (Å²) >= 11 is 0. The first-order valence-corrected chi connectivity index (χ1v) is 8.45. The number of benzene rings is 1. The molecule has 7 heteroatoms. The van der Waals surface area contributed by atoms with Gasteiger partial charge in [0.2, 0.25) is 5.91 Å².